The maximum absolute atomic E-state index is 9.53. The first-order valence-electron chi connectivity index (χ1n) is 5.61. The summed E-state index contributed by atoms with van der Waals surface area (Å²) in [5.74, 6) is -0.833. The van der Waals surface area contributed by atoms with Gasteiger partial charge in [0.25, 0.3) is 5.97 Å². The molecule has 0 heterocycles. The molecule has 0 aliphatic heterocycles. The minimum absolute atomic E-state index is 0.0924. The summed E-state index contributed by atoms with van der Waals surface area (Å²) in [6.45, 7) is 3.19. The molecule has 0 radical (unpaired) electrons. The molecule has 1 aromatic carbocycles. The van der Waals surface area contributed by atoms with E-state index in [0.29, 0.717) is 15.0 Å². The molecule has 0 aromatic heterocycles. The van der Waals surface area contributed by atoms with Crippen LogP contribution in [0.1, 0.15) is 26.7 Å². The standard InChI is InChI=1S/C11H16OSe.C2H4O2/c1-2-6-10(12)9-13-11-7-4-3-5-8-11;1-2(3)4/h3-5,7-8,10,12H,2,6,9H2,1H3;1H3,(H,3,4)/t10-;/m1./s1. The zero-order chi connectivity index (χ0) is 13.1. The molecule has 0 spiro atoms. The molecular formula is C13H20O3Se. The first kappa shape index (κ1) is 16.2. The number of benzene rings is 1. The Balaban J connectivity index is 0.000000557. The summed E-state index contributed by atoms with van der Waals surface area (Å²) >= 11 is 0.440. The predicted molar refractivity (Wildman–Crippen MR) is 70.9 cm³/mol. The second-order valence-electron chi connectivity index (χ2n) is 3.59. The fourth-order valence-electron chi connectivity index (χ4n) is 1.13. The minimum atomic E-state index is -0.833. The van der Waals surface area contributed by atoms with Gasteiger partial charge in [0.1, 0.15) is 0 Å². The monoisotopic (exact) mass is 304 g/mol. The average Bonchev–Trinajstić information content (AvgIpc) is 2.27. The Hall–Kier alpha value is -0.831. The molecule has 1 atom stereocenters. The molecule has 0 aliphatic rings. The van der Waals surface area contributed by atoms with Gasteiger partial charge in [0.15, 0.2) is 0 Å². The zero-order valence-corrected chi connectivity index (χ0v) is 12.0. The van der Waals surface area contributed by atoms with Gasteiger partial charge in [-0.2, -0.15) is 0 Å². The average molecular weight is 303 g/mol. The van der Waals surface area contributed by atoms with Gasteiger partial charge in [-0.25, -0.2) is 0 Å². The molecule has 0 unspecified atom stereocenters. The van der Waals surface area contributed by atoms with Gasteiger partial charge in [0, 0.05) is 6.92 Å². The van der Waals surface area contributed by atoms with Gasteiger partial charge in [-0.15, -0.1) is 0 Å². The number of aliphatic hydroxyl groups is 1. The summed E-state index contributed by atoms with van der Waals surface area (Å²) < 4.78 is 1.38. The summed E-state index contributed by atoms with van der Waals surface area (Å²) in [6.07, 6.45) is 1.92. The van der Waals surface area contributed by atoms with Crippen LogP contribution in [0.5, 0.6) is 0 Å². The fraction of sp³-hybridized carbons (Fsp3) is 0.462. The van der Waals surface area contributed by atoms with E-state index in [1.807, 2.05) is 6.07 Å². The molecule has 96 valence electrons. The summed E-state index contributed by atoms with van der Waals surface area (Å²) in [5.41, 5.74) is 0. The van der Waals surface area contributed by atoms with Gasteiger partial charge in [0.2, 0.25) is 0 Å². The summed E-state index contributed by atoms with van der Waals surface area (Å²) in [4.78, 5) is 9.00. The van der Waals surface area contributed by atoms with Crippen LogP contribution in [0.2, 0.25) is 5.32 Å². The Morgan fingerprint density at radius 3 is 2.35 bits per heavy atom. The van der Waals surface area contributed by atoms with E-state index in [9.17, 15) is 5.11 Å². The van der Waals surface area contributed by atoms with Crippen LogP contribution in [-0.4, -0.2) is 37.2 Å². The summed E-state index contributed by atoms with van der Waals surface area (Å²) in [7, 11) is 0. The van der Waals surface area contributed by atoms with Crippen molar-refractivity contribution in [2.24, 2.45) is 0 Å². The van der Waals surface area contributed by atoms with Crippen molar-refractivity contribution in [1.82, 2.24) is 0 Å². The SMILES string of the molecule is CC(=O)O.CCC[C@@H](O)C[Se]c1ccccc1. The zero-order valence-electron chi connectivity index (χ0n) is 10.3. The van der Waals surface area contributed by atoms with Crippen molar-refractivity contribution in [2.75, 3.05) is 0 Å². The molecule has 0 amide bonds. The second kappa shape index (κ2) is 10.3. The van der Waals surface area contributed by atoms with Crippen LogP contribution in [-0.2, 0) is 4.79 Å². The van der Waals surface area contributed by atoms with Crippen LogP contribution < -0.4 is 4.46 Å². The van der Waals surface area contributed by atoms with E-state index >= 15 is 0 Å². The van der Waals surface area contributed by atoms with Gasteiger partial charge in [-0.05, 0) is 0 Å². The third kappa shape index (κ3) is 11.4. The first-order chi connectivity index (χ1) is 8.06. The molecule has 1 rings (SSSR count). The predicted octanol–water partition coefficient (Wildman–Crippen LogP) is 1.69. The van der Waals surface area contributed by atoms with Crippen LogP contribution in [0.15, 0.2) is 30.3 Å². The number of carbonyl (C=O) groups is 1. The van der Waals surface area contributed by atoms with Crippen molar-refractivity contribution in [1.29, 1.82) is 0 Å². The Bertz CT molecular complexity index is 297. The molecule has 0 saturated heterocycles. The van der Waals surface area contributed by atoms with E-state index < -0.39 is 5.97 Å². The van der Waals surface area contributed by atoms with Gasteiger partial charge in [0.05, 0.1) is 0 Å². The molecule has 1 aromatic rings. The van der Waals surface area contributed by atoms with Crippen molar-refractivity contribution in [3.05, 3.63) is 30.3 Å². The summed E-state index contributed by atoms with van der Waals surface area (Å²) in [6, 6.07) is 10.4. The number of carboxylic acid groups (broad SMARTS) is 1. The van der Waals surface area contributed by atoms with E-state index in [2.05, 4.69) is 31.2 Å². The Morgan fingerprint density at radius 2 is 1.88 bits per heavy atom. The number of aliphatic hydroxyl groups excluding tert-OH is 1. The van der Waals surface area contributed by atoms with Crippen LogP contribution in [0.4, 0.5) is 0 Å². The maximum atomic E-state index is 9.53. The third-order valence-electron chi connectivity index (χ3n) is 1.81. The van der Waals surface area contributed by atoms with E-state index in [-0.39, 0.29) is 6.10 Å². The van der Waals surface area contributed by atoms with E-state index in [4.69, 9.17) is 9.90 Å². The van der Waals surface area contributed by atoms with E-state index in [1.165, 1.54) is 4.46 Å². The topological polar surface area (TPSA) is 57.5 Å². The van der Waals surface area contributed by atoms with E-state index in [1.54, 1.807) is 0 Å². The van der Waals surface area contributed by atoms with Crippen LogP contribution in [0, 0.1) is 0 Å². The molecule has 4 heteroatoms. The van der Waals surface area contributed by atoms with E-state index in [0.717, 1.165) is 25.1 Å². The van der Waals surface area contributed by atoms with Gasteiger partial charge >= 0.3 is 86.0 Å². The molecule has 2 N–H and O–H groups in total. The van der Waals surface area contributed by atoms with Crippen molar-refractivity contribution < 1.29 is 15.0 Å². The van der Waals surface area contributed by atoms with Gasteiger partial charge < -0.3 is 5.11 Å². The van der Waals surface area contributed by atoms with Crippen LogP contribution >= 0.6 is 0 Å². The van der Waals surface area contributed by atoms with Gasteiger partial charge in [-0.1, -0.05) is 0 Å². The molecule has 17 heavy (non-hydrogen) atoms. The van der Waals surface area contributed by atoms with Gasteiger partial charge in [-0.3, -0.25) is 4.79 Å². The van der Waals surface area contributed by atoms with Crippen molar-refractivity contribution in [3.63, 3.8) is 0 Å². The van der Waals surface area contributed by atoms with Crippen molar-refractivity contribution >= 4 is 25.4 Å². The number of hydrogen-bond acceptors (Lipinski definition) is 2. The van der Waals surface area contributed by atoms with Crippen molar-refractivity contribution in [2.45, 2.75) is 38.1 Å². The number of aliphatic carboxylic acids is 1. The molecule has 0 aliphatic carbocycles. The van der Waals surface area contributed by atoms with Crippen LogP contribution in [0.25, 0.3) is 0 Å². The quantitative estimate of drug-likeness (QED) is 0.814. The summed E-state index contributed by atoms with van der Waals surface area (Å²) in [5, 5.41) is 17.9. The van der Waals surface area contributed by atoms with Crippen LogP contribution in [0.3, 0.4) is 0 Å². The molecule has 0 saturated carbocycles. The normalized spacial score (nSPS) is 11.2. The van der Waals surface area contributed by atoms with Crippen molar-refractivity contribution in [3.8, 4) is 0 Å². The molecule has 0 fully saturated rings. The number of carboxylic acids is 1. The Kier molecular flexibility index (Phi) is 9.83. The fourth-order valence-corrected chi connectivity index (χ4v) is 3.02. The molecule has 3 nitrogen and oxygen atoms in total. The Labute approximate surface area is 109 Å². The number of rotatable bonds is 5. The second-order valence-corrected chi connectivity index (χ2v) is 5.88. The molecular weight excluding hydrogens is 283 g/mol. The first-order valence-corrected chi connectivity index (χ1v) is 7.68. The molecule has 0 bridgehead atoms. The Morgan fingerprint density at radius 1 is 1.35 bits per heavy atom. The third-order valence-corrected chi connectivity index (χ3v) is 4.23. The number of hydrogen-bond donors (Lipinski definition) is 2.